The maximum Gasteiger partial charge on any atom is 0.261 e. The van der Waals surface area contributed by atoms with E-state index in [-0.39, 0.29) is 17.9 Å². The molecule has 0 fully saturated rings. The van der Waals surface area contributed by atoms with Crippen LogP contribution >= 0.6 is 15.9 Å². The lowest BCUT2D eigenvalue weighted by atomic mass is 9.88. The molecule has 0 saturated carbocycles. The summed E-state index contributed by atoms with van der Waals surface area (Å²) in [4.78, 5) is 28.5. The molecule has 0 bridgehead atoms. The van der Waals surface area contributed by atoms with Crippen LogP contribution in [0.5, 0.6) is 0 Å². The van der Waals surface area contributed by atoms with Gasteiger partial charge in [0.25, 0.3) is 5.91 Å². The number of carbonyl (C=O) groups is 2. The molecule has 2 heterocycles. The number of Topliss-reactive ketones (excluding diaryl/α,β-unsaturated/α-hetero) is 1. The van der Waals surface area contributed by atoms with Crippen molar-refractivity contribution in [3.8, 4) is 0 Å². The van der Waals surface area contributed by atoms with E-state index in [9.17, 15) is 14.7 Å². The molecule has 1 atom stereocenters. The van der Waals surface area contributed by atoms with E-state index < -0.39 is 11.5 Å². The molecule has 1 aromatic heterocycles. The summed E-state index contributed by atoms with van der Waals surface area (Å²) in [5.41, 5.74) is 0.147. The van der Waals surface area contributed by atoms with Crippen molar-refractivity contribution < 1.29 is 14.7 Å². The van der Waals surface area contributed by atoms with Gasteiger partial charge in [-0.05, 0) is 46.6 Å². The first-order valence-corrected chi connectivity index (χ1v) is 7.50. The van der Waals surface area contributed by atoms with Gasteiger partial charge in [-0.15, -0.1) is 0 Å². The number of hydrogen-bond acceptors (Lipinski definition) is 4. The van der Waals surface area contributed by atoms with Crippen molar-refractivity contribution in [2.45, 2.75) is 18.9 Å². The number of ketones is 1. The van der Waals surface area contributed by atoms with Gasteiger partial charge in [0.2, 0.25) is 0 Å². The summed E-state index contributed by atoms with van der Waals surface area (Å²) in [6, 6.07) is 8.50. The number of benzene rings is 1. The van der Waals surface area contributed by atoms with Crippen LogP contribution in [0.2, 0.25) is 0 Å². The Morgan fingerprint density at radius 3 is 2.86 bits per heavy atom. The van der Waals surface area contributed by atoms with Gasteiger partial charge in [0.1, 0.15) is 5.69 Å². The first-order chi connectivity index (χ1) is 10.4. The molecular weight excluding hydrogens is 348 g/mol. The van der Waals surface area contributed by atoms with Crippen molar-refractivity contribution in [1.29, 1.82) is 0 Å². The summed E-state index contributed by atoms with van der Waals surface area (Å²) < 4.78 is 0.678. The van der Waals surface area contributed by atoms with Crippen LogP contribution in [0.25, 0.3) is 0 Å². The summed E-state index contributed by atoms with van der Waals surface area (Å²) in [5, 5.41) is 13.4. The number of anilines is 1. The van der Waals surface area contributed by atoms with E-state index in [1.807, 2.05) is 13.0 Å². The largest absolute Gasteiger partial charge is 0.375 e. The number of fused-ring (bicyclic) bond motifs is 1. The molecule has 1 aliphatic heterocycles. The SMILES string of the molecule is Cc1cc(Br)c2c(c1)C(O)(CC(=O)c1ccccn1)C(=O)N2. The zero-order chi connectivity index (χ0) is 15.9. The van der Waals surface area contributed by atoms with Gasteiger partial charge in [-0.3, -0.25) is 14.6 Å². The number of amides is 1. The van der Waals surface area contributed by atoms with Gasteiger partial charge in [0.05, 0.1) is 12.1 Å². The van der Waals surface area contributed by atoms with Gasteiger partial charge >= 0.3 is 0 Å². The number of halogens is 1. The summed E-state index contributed by atoms with van der Waals surface area (Å²) in [5.74, 6) is -0.984. The summed E-state index contributed by atoms with van der Waals surface area (Å²) in [6.45, 7) is 1.86. The standard InChI is InChI=1S/C16H13BrN2O3/c1-9-6-10-14(11(17)7-9)19-15(21)16(10,22)8-13(20)12-4-2-3-5-18-12/h2-7,22H,8H2,1H3,(H,19,21). The smallest absolute Gasteiger partial charge is 0.261 e. The molecule has 5 nitrogen and oxygen atoms in total. The average molecular weight is 361 g/mol. The molecule has 0 spiro atoms. The number of rotatable bonds is 3. The highest BCUT2D eigenvalue weighted by molar-refractivity contribution is 9.10. The number of aromatic nitrogens is 1. The molecule has 2 N–H and O–H groups in total. The van der Waals surface area contributed by atoms with Crippen molar-refractivity contribution in [2.75, 3.05) is 5.32 Å². The second-order valence-electron chi connectivity index (χ2n) is 5.30. The number of pyridine rings is 1. The van der Waals surface area contributed by atoms with E-state index in [1.165, 1.54) is 6.20 Å². The quantitative estimate of drug-likeness (QED) is 0.824. The normalized spacial score (nSPS) is 19.7. The van der Waals surface area contributed by atoms with E-state index in [0.29, 0.717) is 15.7 Å². The highest BCUT2D eigenvalue weighted by Crippen LogP contribution is 2.43. The molecule has 0 aliphatic carbocycles. The molecule has 1 amide bonds. The minimum absolute atomic E-state index is 0.226. The van der Waals surface area contributed by atoms with Gasteiger partial charge in [0, 0.05) is 16.2 Å². The maximum absolute atomic E-state index is 12.3. The summed E-state index contributed by atoms with van der Waals surface area (Å²) in [6.07, 6.45) is 1.15. The van der Waals surface area contributed by atoms with Crippen LogP contribution in [0.3, 0.4) is 0 Å². The number of aliphatic hydroxyl groups is 1. The van der Waals surface area contributed by atoms with E-state index in [1.54, 1.807) is 24.3 Å². The summed E-state index contributed by atoms with van der Waals surface area (Å²) >= 11 is 3.37. The van der Waals surface area contributed by atoms with E-state index in [4.69, 9.17) is 0 Å². The van der Waals surface area contributed by atoms with Crippen LogP contribution in [0.4, 0.5) is 5.69 Å². The zero-order valence-corrected chi connectivity index (χ0v) is 13.3. The Morgan fingerprint density at radius 1 is 1.41 bits per heavy atom. The van der Waals surface area contributed by atoms with Gasteiger partial charge in [0.15, 0.2) is 11.4 Å². The molecule has 112 valence electrons. The fraction of sp³-hybridized carbons (Fsp3) is 0.188. The fourth-order valence-corrected chi connectivity index (χ4v) is 3.23. The lowest BCUT2D eigenvalue weighted by Crippen LogP contribution is -2.36. The molecule has 0 saturated heterocycles. The number of hydrogen-bond donors (Lipinski definition) is 2. The summed E-state index contributed by atoms with van der Waals surface area (Å²) in [7, 11) is 0. The minimum Gasteiger partial charge on any atom is -0.375 e. The fourth-order valence-electron chi connectivity index (χ4n) is 2.56. The molecule has 1 aromatic carbocycles. The lowest BCUT2D eigenvalue weighted by Gasteiger charge is -2.20. The number of nitrogens with zero attached hydrogens (tertiary/aromatic N) is 1. The monoisotopic (exact) mass is 360 g/mol. The second kappa shape index (κ2) is 5.30. The highest BCUT2D eigenvalue weighted by Gasteiger charge is 2.47. The molecule has 1 unspecified atom stereocenters. The van der Waals surface area contributed by atoms with Crippen molar-refractivity contribution in [1.82, 2.24) is 4.98 Å². The number of nitrogens with one attached hydrogen (secondary N) is 1. The third kappa shape index (κ3) is 2.34. The molecule has 2 aromatic rings. The van der Waals surface area contributed by atoms with Crippen LogP contribution in [-0.4, -0.2) is 21.8 Å². The van der Waals surface area contributed by atoms with Crippen molar-refractivity contribution in [3.05, 3.63) is 57.8 Å². The molecule has 22 heavy (non-hydrogen) atoms. The Balaban J connectivity index is 2.01. The Morgan fingerprint density at radius 2 is 2.18 bits per heavy atom. The number of carbonyl (C=O) groups excluding carboxylic acids is 2. The van der Waals surface area contributed by atoms with E-state index >= 15 is 0 Å². The van der Waals surface area contributed by atoms with E-state index in [0.717, 1.165) is 5.56 Å². The highest BCUT2D eigenvalue weighted by atomic mass is 79.9. The van der Waals surface area contributed by atoms with E-state index in [2.05, 4.69) is 26.2 Å². The Hall–Kier alpha value is -2.05. The van der Waals surface area contributed by atoms with Gasteiger partial charge in [-0.1, -0.05) is 12.1 Å². The Kier molecular flexibility index (Phi) is 3.58. The number of aryl methyl sites for hydroxylation is 1. The molecular formula is C16H13BrN2O3. The van der Waals surface area contributed by atoms with Gasteiger partial charge in [-0.2, -0.15) is 0 Å². The Bertz CT molecular complexity index is 776. The van der Waals surface area contributed by atoms with Crippen LogP contribution in [0, 0.1) is 6.92 Å². The Labute approximate surface area is 135 Å². The van der Waals surface area contributed by atoms with Crippen LogP contribution in [0.1, 0.15) is 28.0 Å². The molecule has 1 aliphatic rings. The van der Waals surface area contributed by atoms with Gasteiger partial charge < -0.3 is 10.4 Å². The molecule has 6 heteroatoms. The lowest BCUT2D eigenvalue weighted by molar-refractivity contribution is -0.133. The van der Waals surface area contributed by atoms with Crippen molar-refractivity contribution >= 4 is 33.3 Å². The maximum atomic E-state index is 12.3. The predicted molar refractivity (Wildman–Crippen MR) is 84.6 cm³/mol. The predicted octanol–water partition coefficient (Wildman–Crippen LogP) is 2.57. The third-order valence-electron chi connectivity index (χ3n) is 3.66. The molecule has 3 rings (SSSR count). The molecule has 0 radical (unpaired) electrons. The first kappa shape index (κ1) is 14.9. The van der Waals surface area contributed by atoms with Crippen LogP contribution < -0.4 is 5.32 Å². The average Bonchev–Trinajstić information content (AvgIpc) is 2.73. The van der Waals surface area contributed by atoms with Crippen LogP contribution in [0.15, 0.2) is 41.0 Å². The van der Waals surface area contributed by atoms with Crippen molar-refractivity contribution in [3.63, 3.8) is 0 Å². The zero-order valence-electron chi connectivity index (χ0n) is 11.8. The van der Waals surface area contributed by atoms with Crippen molar-refractivity contribution in [2.24, 2.45) is 0 Å². The minimum atomic E-state index is -1.88. The van der Waals surface area contributed by atoms with Crippen LogP contribution in [-0.2, 0) is 10.4 Å². The third-order valence-corrected chi connectivity index (χ3v) is 4.29. The first-order valence-electron chi connectivity index (χ1n) is 6.70. The van der Waals surface area contributed by atoms with Gasteiger partial charge in [-0.25, -0.2) is 0 Å². The topological polar surface area (TPSA) is 79.3 Å². The second-order valence-corrected chi connectivity index (χ2v) is 6.15.